The summed E-state index contributed by atoms with van der Waals surface area (Å²) in [5, 5.41) is 6.41. The van der Waals surface area contributed by atoms with E-state index in [-0.39, 0.29) is 18.4 Å². The lowest BCUT2D eigenvalue weighted by atomic mass is 10.1. The van der Waals surface area contributed by atoms with Gasteiger partial charge < -0.3 is 15.1 Å². The van der Waals surface area contributed by atoms with Crippen LogP contribution in [0.5, 0.6) is 0 Å². The van der Waals surface area contributed by atoms with Gasteiger partial charge in [-0.25, -0.2) is 0 Å². The summed E-state index contributed by atoms with van der Waals surface area (Å²) in [6, 6.07) is 18.5. The molecule has 0 saturated heterocycles. The summed E-state index contributed by atoms with van der Waals surface area (Å²) in [6.45, 7) is 0.289. The van der Waals surface area contributed by atoms with Crippen LogP contribution in [0.15, 0.2) is 71.2 Å². The van der Waals surface area contributed by atoms with E-state index in [0.29, 0.717) is 22.4 Å². The van der Waals surface area contributed by atoms with E-state index >= 15 is 0 Å². The van der Waals surface area contributed by atoms with Crippen molar-refractivity contribution in [3.05, 3.63) is 88.6 Å². The maximum Gasteiger partial charge on any atom is 0.251 e. The molecule has 1 aliphatic rings. The van der Waals surface area contributed by atoms with Crippen LogP contribution in [0.3, 0.4) is 0 Å². The maximum atomic E-state index is 12.1. The highest BCUT2D eigenvalue weighted by Gasteiger charge is 2.23. The Morgan fingerprint density at radius 3 is 2.43 bits per heavy atom. The van der Waals surface area contributed by atoms with Crippen molar-refractivity contribution in [2.24, 2.45) is 0 Å². The lowest BCUT2D eigenvalue weighted by Crippen LogP contribution is -2.25. The van der Waals surface area contributed by atoms with Crippen LogP contribution in [-0.4, -0.2) is 17.9 Å². The van der Waals surface area contributed by atoms with Crippen molar-refractivity contribution < 1.29 is 14.0 Å². The molecule has 0 bridgehead atoms. The van der Waals surface area contributed by atoms with Gasteiger partial charge in [0.15, 0.2) is 0 Å². The van der Waals surface area contributed by atoms with Gasteiger partial charge in [0.25, 0.3) is 5.91 Å². The number of carbonyl (C=O) groups excluding carboxylic acids is 2. The van der Waals surface area contributed by atoms with Gasteiger partial charge in [-0.05, 0) is 73.0 Å². The highest BCUT2D eigenvalue weighted by molar-refractivity contribution is 6.30. The van der Waals surface area contributed by atoms with Crippen LogP contribution in [0.2, 0.25) is 5.02 Å². The van der Waals surface area contributed by atoms with E-state index < -0.39 is 0 Å². The maximum absolute atomic E-state index is 12.1. The molecule has 1 aromatic heterocycles. The van der Waals surface area contributed by atoms with Gasteiger partial charge in [-0.2, -0.15) is 0 Å². The topological polar surface area (TPSA) is 71.3 Å². The highest BCUT2D eigenvalue weighted by Crippen LogP contribution is 2.23. The minimum atomic E-state index is -0.227. The van der Waals surface area contributed by atoms with Crippen molar-refractivity contribution in [1.29, 1.82) is 0 Å². The molecule has 152 valence electrons. The number of benzene rings is 2. The molecule has 1 fully saturated rings. The summed E-state index contributed by atoms with van der Waals surface area (Å²) >= 11 is 5.90. The molecule has 1 heterocycles. The summed E-state index contributed by atoms with van der Waals surface area (Å²) in [7, 11) is 0. The van der Waals surface area contributed by atoms with E-state index in [1.807, 2.05) is 36.4 Å². The molecule has 2 amide bonds. The molecule has 4 rings (SSSR count). The van der Waals surface area contributed by atoms with Gasteiger partial charge in [0.2, 0.25) is 5.91 Å². The normalized spacial score (nSPS) is 13.4. The van der Waals surface area contributed by atoms with Gasteiger partial charge in [0.05, 0.1) is 6.54 Å². The van der Waals surface area contributed by atoms with Crippen molar-refractivity contribution in [1.82, 2.24) is 10.6 Å². The predicted octanol–water partition coefficient (Wildman–Crippen LogP) is 4.82. The number of nitrogens with one attached hydrogen (secondary N) is 2. The van der Waals surface area contributed by atoms with Crippen molar-refractivity contribution in [3.8, 4) is 11.3 Å². The summed E-state index contributed by atoms with van der Waals surface area (Å²) in [6.07, 6.45) is 5.28. The predicted molar refractivity (Wildman–Crippen MR) is 117 cm³/mol. The Morgan fingerprint density at radius 2 is 1.73 bits per heavy atom. The summed E-state index contributed by atoms with van der Waals surface area (Å²) in [5.74, 6) is 1.10. The molecule has 6 heteroatoms. The van der Waals surface area contributed by atoms with Gasteiger partial charge >= 0.3 is 0 Å². The Hall–Kier alpha value is -3.31. The Kier molecular flexibility index (Phi) is 6.00. The number of amides is 2. The van der Waals surface area contributed by atoms with Gasteiger partial charge in [-0.1, -0.05) is 23.7 Å². The smallest absolute Gasteiger partial charge is 0.251 e. The Bertz CT molecular complexity index is 1060. The molecular weight excluding hydrogens is 400 g/mol. The molecular formula is C24H21ClN2O3. The lowest BCUT2D eigenvalue weighted by Gasteiger charge is -2.03. The molecule has 2 aromatic carbocycles. The highest BCUT2D eigenvalue weighted by atomic mass is 35.5. The molecule has 1 aliphatic carbocycles. The van der Waals surface area contributed by atoms with Crippen LogP contribution in [0.4, 0.5) is 0 Å². The summed E-state index contributed by atoms with van der Waals surface area (Å²) in [5.41, 5.74) is 2.39. The first-order valence-corrected chi connectivity index (χ1v) is 10.2. The number of rotatable bonds is 7. The molecule has 30 heavy (non-hydrogen) atoms. The van der Waals surface area contributed by atoms with Crippen LogP contribution in [0.1, 0.15) is 34.5 Å². The first-order valence-electron chi connectivity index (χ1n) is 9.78. The largest absolute Gasteiger partial charge is 0.459 e. The second kappa shape index (κ2) is 9.01. The van der Waals surface area contributed by atoms with E-state index in [1.54, 1.807) is 30.3 Å². The molecule has 0 aliphatic heterocycles. The average Bonchev–Trinajstić information content (AvgIpc) is 3.45. The van der Waals surface area contributed by atoms with Crippen molar-refractivity contribution in [2.45, 2.75) is 25.4 Å². The van der Waals surface area contributed by atoms with Gasteiger partial charge in [-0.15, -0.1) is 0 Å². The third-order valence-electron chi connectivity index (χ3n) is 4.74. The molecule has 0 spiro atoms. The van der Waals surface area contributed by atoms with Gasteiger partial charge in [-0.3, -0.25) is 9.59 Å². The van der Waals surface area contributed by atoms with Crippen LogP contribution >= 0.6 is 11.6 Å². The number of carbonyl (C=O) groups is 2. The SMILES string of the molecule is O=C(/C=C/c1ccc(C(=O)NC2CC2)cc1)NCc1ccc(-c2ccc(Cl)cc2)o1. The fraction of sp³-hybridized carbons (Fsp3) is 0.167. The minimum absolute atomic E-state index is 0.0535. The third-order valence-corrected chi connectivity index (χ3v) is 4.99. The molecule has 0 atom stereocenters. The monoisotopic (exact) mass is 420 g/mol. The quantitative estimate of drug-likeness (QED) is 0.538. The number of hydrogen-bond acceptors (Lipinski definition) is 3. The molecule has 1 saturated carbocycles. The number of furan rings is 1. The van der Waals surface area contributed by atoms with Crippen LogP contribution in [-0.2, 0) is 11.3 Å². The first kappa shape index (κ1) is 20.0. The summed E-state index contributed by atoms with van der Waals surface area (Å²) < 4.78 is 5.77. The van der Waals surface area contributed by atoms with Crippen LogP contribution < -0.4 is 10.6 Å². The molecule has 3 aromatic rings. The third kappa shape index (κ3) is 5.39. The molecule has 0 unspecified atom stereocenters. The Labute approximate surface area is 179 Å². The minimum Gasteiger partial charge on any atom is -0.459 e. The second-order valence-corrected chi connectivity index (χ2v) is 7.63. The Balaban J connectivity index is 1.27. The summed E-state index contributed by atoms with van der Waals surface area (Å²) in [4.78, 5) is 24.1. The Morgan fingerprint density at radius 1 is 1.00 bits per heavy atom. The van der Waals surface area contributed by atoms with Crippen molar-refractivity contribution in [2.75, 3.05) is 0 Å². The van der Waals surface area contributed by atoms with E-state index in [2.05, 4.69) is 10.6 Å². The van der Waals surface area contributed by atoms with Crippen molar-refractivity contribution in [3.63, 3.8) is 0 Å². The second-order valence-electron chi connectivity index (χ2n) is 7.19. The van der Waals surface area contributed by atoms with Crippen molar-refractivity contribution >= 4 is 29.5 Å². The number of halogens is 1. The van der Waals surface area contributed by atoms with Gasteiger partial charge in [0, 0.05) is 28.3 Å². The average molecular weight is 421 g/mol. The van der Waals surface area contributed by atoms with E-state index in [4.69, 9.17) is 16.0 Å². The molecule has 2 N–H and O–H groups in total. The molecule has 5 nitrogen and oxygen atoms in total. The zero-order valence-electron chi connectivity index (χ0n) is 16.2. The molecule has 0 radical (unpaired) electrons. The zero-order chi connectivity index (χ0) is 20.9. The number of hydrogen-bond donors (Lipinski definition) is 2. The first-order chi connectivity index (χ1) is 14.6. The van der Waals surface area contributed by atoms with E-state index in [9.17, 15) is 9.59 Å². The van der Waals surface area contributed by atoms with E-state index in [0.717, 1.165) is 29.7 Å². The fourth-order valence-corrected chi connectivity index (χ4v) is 3.02. The van der Waals surface area contributed by atoms with Crippen LogP contribution in [0, 0.1) is 0 Å². The lowest BCUT2D eigenvalue weighted by molar-refractivity contribution is -0.116. The van der Waals surface area contributed by atoms with Crippen LogP contribution in [0.25, 0.3) is 17.4 Å². The standard InChI is InChI=1S/C24H21ClN2O3/c25-19-8-6-17(7-9-19)22-13-12-21(30-22)15-26-23(28)14-3-16-1-4-18(5-2-16)24(29)27-20-10-11-20/h1-9,12-14,20H,10-11,15H2,(H,26,28)(H,27,29)/b14-3+. The van der Waals surface area contributed by atoms with Gasteiger partial charge in [0.1, 0.15) is 11.5 Å². The fourth-order valence-electron chi connectivity index (χ4n) is 2.89. The zero-order valence-corrected chi connectivity index (χ0v) is 17.0. The van der Waals surface area contributed by atoms with E-state index in [1.165, 1.54) is 6.08 Å².